The number of ether oxygens (including phenoxy) is 2. The zero-order valence-corrected chi connectivity index (χ0v) is 12.7. The molecule has 1 aromatic heterocycles. The van der Waals surface area contributed by atoms with Crippen LogP contribution in [-0.4, -0.2) is 47.7 Å². The summed E-state index contributed by atoms with van der Waals surface area (Å²) in [4.78, 5) is 10.5. The van der Waals surface area contributed by atoms with Crippen LogP contribution in [0.2, 0.25) is 0 Å². The first-order chi connectivity index (χ1) is 11.2. The zero-order valence-electron chi connectivity index (χ0n) is 12.7. The van der Waals surface area contributed by atoms with E-state index >= 15 is 0 Å². The Kier molecular flexibility index (Phi) is 4.99. The Morgan fingerprint density at radius 1 is 1.26 bits per heavy atom. The Hall–Kier alpha value is -2.25. The summed E-state index contributed by atoms with van der Waals surface area (Å²) < 4.78 is 24.2. The van der Waals surface area contributed by atoms with Gasteiger partial charge >= 0.3 is 0 Å². The average molecular weight is 318 g/mol. The van der Waals surface area contributed by atoms with Gasteiger partial charge in [0.2, 0.25) is 0 Å². The van der Waals surface area contributed by atoms with Gasteiger partial charge in [0.25, 0.3) is 0 Å². The van der Waals surface area contributed by atoms with E-state index in [-0.39, 0.29) is 11.9 Å². The number of morpholine rings is 1. The number of rotatable bonds is 5. The third kappa shape index (κ3) is 4.14. The Morgan fingerprint density at radius 2 is 2.04 bits per heavy atom. The molecule has 3 rings (SSSR count). The van der Waals surface area contributed by atoms with Crippen molar-refractivity contribution in [1.82, 2.24) is 14.9 Å². The minimum atomic E-state index is -0.269. The maximum atomic E-state index is 12.8. The summed E-state index contributed by atoms with van der Waals surface area (Å²) >= 11 is 0. The molecule has 23 heavy (non-hydrogen) atoms. The molecule has 2 heterocycles. The smallest absolute Gasteiger partial charge is 0.147 e. The van der Waals surface area contributed by atoms with Crippen molar-refractivity contribution in [3.8, 4) is 5.75 Å². The topological polar surface area (TPSA) is 73.5 Å². The Morgan fingerprint density at radius 3 is 2.83 bits per heavy atom. The number of nitrogens with two attached hydrogens (primary N) is 1. The molecule has 1 aromatic carbocycles. The van der Waals surface area contributed by atoms with Crippen molar-refractivity contribution in [3.63, 3.8) is 0 Å². The van der Waals surface area contributed by atoms with Crippen molar-refractivity contribution in [3.05, 3.63) is 48.2 Å². The van der Waals surface area contributed by atoms with E-state index in [9.17, 15) is 4.39 Å². The van der Waals surface area contributed by atoms with Crippen LogP contribution < -0.4 is 10.5 Å². The van der Waals surface area contributed by atoms with Crippen LogP contribution in [0.1, 0.15) is 11.8 Å². The molecule has 1 aliphatic rings. The summed E-state index contributed by atoms with van der Waals surface area (Å²) in [6, 6.07) is 6.02. The van der Waals surface area contributed by atoms with E-state index in [4.69, 9.17) is 15.2 Å². The number of nitrogen functional groups attached to an aromatic ring is 1. The third-order valence-corrected chi connectivity index (χ3v) is 3.70. The third-order valence-electron chi connectivity index (χ3n) is 3.70. The van der Waals surface area contributed by atoms with E-state index in [1.165, 1.54) is 12.1 Å². The highest BCUT2D eigenvalue weighted by Crippen LogP contribution is 2.23. The minimum absolute atomic E-state index is 0.178. The van der Waals surface area contributed by atoms with E-state index in [1.807, 2.05) is 0 Å². The van der Waals surface area contributed by atoms with E-state index < -0.39 is 0 Å². The monoisotopic (exact) mass is 318 g/mol. The van der Waals surface area contributed by atoms with Crippen LogP contribution in [0.4, 0.5) is 10.2 Å². The molecule has 0 radical (unpaired) electrons. The van der Waals surface area contributed by atoms with Crippen molar-refractivity contribution in [1.29, 1.82) is 0 Å². The molecular formula is C16H19FN4O2. The van der Waals surface area contributed by atoms with Crippen LogP contribution >= 0.6 is 0 Å². The molecule has 122 valence electrons. The van der Waals surface area contributed by atoms with Crippen LogP contribution in [-0.2, 0) is 4.74 Å². The molecule has 1 fully saturated rings. The van der Waals surface area contributed by atoms with Gasteiger partial charge in [-0.25, -0.2) is 9.37 Å². The molecule has 2 aromatic rings. The molecule has 1 aliphatic heterocycles. The molecule has 6 nitrogen and oxygen atoms in total. The molecule has 7 heteroatoms. The van der Waals surface area contributed by atoms with Crippen molar-refractivity contribution < 1.29 is 13.9 Å². The Balaban J connectivity index is 1.51. The minimum Gasteiger partial charge on any atom is -0.492 e. The number of hydrogen-bond donors (Lipinski definition) is 1. The van der Waals surface area contributed by atoms with Crippen LogP contribution in [0.25, 0.3) is 0 Å². The molecule has 1 saturated heterocycles. The van der Waals surface area contributed by atoms with E-state index in [0.29, 0.717) is 37.0 Å². The summed E-state index contributed by atoms with van der Waals surface area (Å²) in [6.45, 7) is 3.39. The first kappa shape index (κ1) is 15.6. The Labute approximate surface area is 134 Å². The number of hydrogen-bond acceptors (Lipinski definition) is 6. The van der Waals surface area contributed by atoms with Gasteiger partial charge in [-0.05, 0) is 24.3 Å². The van der Waals surface area contributed by atoms with Gasteiger partial charge in [-0.3, -0.25) is 9.88 Å². The van der Waals surface area contributed by atoms with Crippen molar-refractivity contribution in [2.75, 3.05) is 38.6 Å². The maximum Gasteiger partial charge on any atom is 0.147 e. The van der Waals surface area contributed by atoms with E-state index in [1.54, 1.807) is 24.5 Å². The lowest BCUT2D eigenvalue weighted by atomic mass is 10.2. The fourth-order valence-electron chi connectivity index (χ4n) is 2.50. The summed E-state index contributed by atoms with van der Waals surface area (Å²) in [5, 5.41) is 0. The fourth-order valence-corrected chi connectivity index (χ4v) is 2.50. The van der Waals surface area contributed by atoms with Crippen LogP contribution in [0.5, 0.6) is 5.75 Å². The second kappa shape index (κ2) is 7.34. The lowest BCUT2D eigenvalue weighted by molar-refractivity contribution is -0.0346. The second-order valence-electron chi connectivity index (χ2n) is 5.29. The summed E-state index contributed by atoms with van der Waals surface area (Å²) in [6.07, 6.45) is 3.00. The summed E-state index contributed by atoms with van der Waals surface area (Å²) in [5.41, 5.74) is 6.54. The number of benzene rings is 1. The molecular weight excluding hydrogens is 299 g/mol. The largest absolute Gasteiger partial charge is 0.492 e. The van der Waals surface area contributed by atoms with Gasteiger partial charge in [0.15, 0.2) is 0 Å². The first-order valence-corrected chi connectivity index (χ1v) is 7.51. The number of halogens is 1. The van der Waals surface area contributed by atoms with Crippen molar-refractivity contribution in [2.24, 2.45) is 0 Å². The molecule has 1 atom stereocenters. The van der Waals surface area contributed by atoms with Gasteiger partial charge < -0.3 is 15.2 Å². The normalized spacial score (nSPS) is 18.7. The molecule has 2 N–H and O–H groups in total. The summed E-state index contributed by atoms with van der Waals surface area (Å²) in [5.74, 6) is 0.797. The van der Waals surface area contributed by atoms with E-state index in [2.05, 4.69) is 14.9 Å². The van der Waals surface area contributed by atoms with Gasteiger partial charge in [-0.2, -0.15) is 0 Å². The van der Waals surface area contributed by atoms with Gasteiger partial charge in [0.1, 0.15) is 35.8 Å². The van der Waals surface area contributed by atoms with Crippen molar-refractivity contribution >= 4 is 5.82 Å². The van der Waals surface area contributed by atoms with Crippen LogP contribution in [0.3, 0.4) is 0 Å². The average Bonchev–Trinajstić information content (AvgIpc) is 2.57. The molecule has 0 aliphatic carbocycles. The van der Waals surface area contributed by atoms with Gasteiger partial charge in [-0.15, -0.1) is 0 Å². The number of nitrogens with zero attached hydrogens (tertiary/aromatic N) is 3. The SMILES string of the molecule is Nc1nccnc1[C@H]1CN(CCOc2ccc(F)cc2)CCO1. The second-order valence-corrected chi connectivity index (χ2v) is 5.29. The number of anilines is 1. The maximum absolute atomic E-state index is 12.8. The van der Waals surface area contributed by atoms with Gasteiger partial charge in [-0.1, -0.05) is 0 Å². The zero-order chi connectivity index (χ0) is 16.1. The quantitative estimate of drug-likeness (QED) is 0.903. The van der Waals surface area contributed by atoms with Gasteiger partial charge in [0, 0.05) is 32.0 Å². The van der Waals surface area contributed by atoms with Crippen LogP contribution in [0.15, 0.2) is 36.7 Å². The van der Waals surface area contributed by atoms with Gasteiger partial charge in [0.05, 0.1) is 6.61 Å². The fraction of sp³-hybridized carbons (Fsp3) is 0.375. The highest BCUT2D eigenvalue weighted by molar-refractivity contribution is 5.35. The van der Waals surface area contributed by atoms with Crippen LogP contribution in [0, 0.1) is 5.82 Å². The Bertz CT molecular complexity index is 638. The lowest BCUT2D eigenvalue weighted by Crippen LogP contribution is -2.40. The van der Waals surface area contributed by atoms with E-state index in [0.717, 1.165) is 13.1 Å². The lowest BCUT2D eigenvalue weighted by Gasteiger charge is -2.32. The molecule has 0 amide bonds. The summed E-state index contributed by atoms with van der Waals surface area (Å²) in [7, 11) is 0. The highest BCUT2D eigenvalue weighted by atomic mass is 19.1. The first-order valence-electron chi connectivity index (χ1n) is 7.51. The molecule has 0 unspecified atom stereocenters. The molecule has 0 bridgehead atoms. The highest BCUT2D eigenvalue weighted by Gasteiger charge is 2.24. The molecule has 0 spiro atoms. The predicted octanol–water partition coefficient (Wildman–Crippen LogP) is 1.65. The predicted molar refractivity (Wildman–Crippen MR) is 83.5 cm³/mol. The standard InChI is InChI=1S/C16H19FN4O2/c17-12-1-3-13(4-2-12)22-9-7-21-8-10-23-14(11-21)15-16(18)20-6-5-19-15/h1-6,14H,7-11H2,(H2,18,20)/t14-/m1/s1. The molecule has 0 saturated carbocycles. The number of aromatic nitrogens is 2. The van der Waals surface area contributed by atoms with Crippen molar-refractivity contribution in [2.45, 2.75) is 6.10 Å².